The second-order valence-corrected chi connectivity index (χ2v) is 8.06. The van der Waals surface area contributed by atoms with E-state index in [0.717, 1.165) is 11.6 Å². The van der Waals surface area contributed by atoms with Crippen molar-refractivity contribution >= 4 is 35.5 Å². The number of rotatable bonds is 4. The molecule has 3 aromatic rings. The number of hydrogen-bond donors (Lipinski definition) is 1. The van der Waals surface area contributed by atoms with Crippen LogP contribution >= 0.6 is 11.6 Å². The molecule has 0 aliphatic carbocycles. The van der Waals surface area contributed by atoms with Gasteiger partial charge in [0.1, 0.15) is 11.9 Å². The van der Waals surface area contributed by atoms with Crippen molar-refractivity contribution < 1.29 is 22.7 Å². The number of carbonyl (C=O) groups is 1. The Kier molecular flexibility index (Phi) is 6.54. The maximum Gasteiger partial charge on any atom is 0.417 e. The summed E-state index contributed by atoms with van der Waals surface area (Å²) in [6.45, 7) is 5.33. The predicted molar refractivity (Wildman–Crippen MR) is 114 cm³/mol. The normalized spacial score (nSPS) is 12.2. The minimum atomic E-state index is -4.54. The lowest BCUT2D eigenvalue weighted by molar-refractivity contribution is -0.137. The number of halogens is 4. The van der Waals surface area contributed by atoms with Crippen LogP contribution in [0, 0.1) is 0 Å². The second-order valence-electron chi connectivity index (χ2n) is 7.66. The number of anilines is 1. The fourth-order valence-electron chi connectivity index (χ4n) is 2.48. The SMILES string of the molecule is CC(C)(C)OC(=O)Nc1ccc(/C=C/c2ncn(-c3ncc(C(F)(F)F)cc3Cl)n2)cc1. The molecule has 0 saturated heterocycles. The number of nitrogens with zero attached hydrogens (tertiary/aromatic N) is 4. The standard InChI is InChI=1S/C21H19ClF3N5O2/c1-20(2,3)32-19(31)28-15-7-4-13(5-8-15)6-9-17-27-12-30(29-17)18-16(22)10-14(11-26-18)21(23,24)25/h4-12H,1-3H3,(H,28,31)/b9-6+. The summed E-state index contributed by atoms with van der Waals surface area (Å²) in [5.41, 5.74) is -0.164. The fraction of sp³-hybridized carbons (Fsp3) is 0.238. The number of hydrogen-bond acceptors (Lipinski definition) is 5. The lowest BCUT2D eigenvalue weighted by Gasteiger charge is -2.19. The summed E-state index contributed by atoms with van der Waals surface area (Å²) < 4.78 is 44.6. The Bertz CT molecular complexity index is 1140. The summed E-state index contributed by atoms with van der Waals surface area (Å²) in [7, 11) is 0. The van der Waals surface area contributed by atoms with Crippen LogP contribution in [0.3, 0.4) is 0 Å². The summed E-state index contributed by atoms with van der Waals surface area (Å²) in [5, 5.41) is 6.59. The van der Waals surface area contributed by atoms with Crippen LogP contribution in [0.4, 0.5) is 23.7 Å². The first kappa shape index (κ1) is 23.3. The molecule has 7 nitrogen and oxygen atoms in total. The van der Waals surface area contributed by atoms with Crippen molar-refractivity contribution in [3.8, 4) is 5.82 Å². The molecule has 1 N–H and O–H groups in total. The molecule has 168 valence electrons. The average molecular weight is 466 g/mol. The third kappa shape index (κ3) is 6.30. The fourth-order valence-corrected chi connectivity index (χ4v) is 2.73. The van der Waals surface area contributed by atoms with Crippen LogP contribution in [0.1, 0.15) is 37.7 Å². The topological polar surface area (TPSA) is 81.9 Å². The van der Waals surface area contributed by atoms with E-state index >= 15 is 0 Å². The smallest absolute Gasteiger partial charge is 0.417 e. The van der Waals surface area contributed by atoms with Crippen LogP contribution in [0.5, 0.6) is 0 Å². The van der Waals surface area contributed by atoms with Gasteiger partial charge in [-0.25, -0.2) is 19.4 Å². The number of pyridine rings is 1. The highest BCUT2D eigenvalue weighted by atomic mass is 35.5. The Morgan fingerprint density at radius 3 is 2.41 bits per heavy atom. The summed E-state index contributed by atoms with van der Waals surface area (Å²) in [6, 6.07) is 7.75. The minimum absolute atomic E-state index is 0.0318. The van der Waals surface area contributed by atoms with Crippen molar-refractivity contribution in [3.05, 3.63) is 64.8 Å². The molecule has 0 aliphatic rings. The second kappa shape index (κ2) is 8.99. The van der Waals surface area contributed by atoms with Crippen LogP contribution in [0.25, 0.3) is 18.0 Å². The molecule has 32 heavy (non-hydrogen) atoms. The van der Waals surface area contributed by atoms with Gasteiger partial charge < -0.3 is 4.74 Å². The summed E-state index contributed by atoms with van der Waals surface area (Å²) in [4.78, 5) is 19.6. The Morgan fingerprint density at radius 1 is 1.12 bits per heavy atom. The molecule has 0 radical (unpaired) electrons. The van der Waals surface area contributed by atoms with E-state index in [1.54, 1.807) is 57.2 Å². The van der Waals surface area contributed by atoms with Crippen LogP contribution in [0.15, 0.2) is 42.9 Å². The predicted octanol–water partition coefficient (Wildman–Crippen LogP) is 5.85. The van der Waals surface area contributed by atoms with Gasteiger partial charge in [0, 0.05) is 11.9 Å². The van der Waals surface area contributed by atoms with Gasteiger partial charge in [0.2, 0.25) is 0 Å². The van der Waals surface area contributed by atoms with Crippen molar-refractivity contribution in [2.45, 2.75) is 32.5 Å². The number of aromatic nitrogens is 4. The van der Waals surface area contributed by atoms with E-state index in [0.29, 0.717) is 17.7 Å². The first-order valence-electron chi connectivity index (χ1n) is 9.34. The highest BCUT2D eigenvalue weighted by Crippen LogP contribution is 2.31. The number of amides is 1. The molecule has 0 saturated carbocycles. The molecule has 0 aliphatic heterocycles. The van der Waals surface area contributed by atoms with E-state index < -0.39 is 23.4 Å². The number of ether oxygens (including phenoxy) is 1. The Labute approximate surface area is 186 Å². The molecule has 0 fully saturated rings. The summed E-state index contributed by atoms with van der Waals surface area (Å²) >= 11 is 5.93. The molecule has 0 spiro atoms. The maximum atomic E-state index is 12.8. The van der Waals surface area contributed by atoms with Gasteiger partial charge in [0.25, 0.3) is 0 Å². The third-order valence-corrected chi connectivity index (χ3v) is 4.13. The van der Waals surface area contributed by atoms with E-state index in [1.165, 1.54) is 11.0 Å². The lowest BCUT2D eigenvalue weighted by Crippen LogP contribution is -2.27. The summed E-state index contributed by atoms with van der Waals surface area (Å²) in [6.07, 6.45) is 0.249. The molecule has 2 aromatic heterocycles. The molecular formula is C21H19ClF3N5O2. The highest BCUT2D eigenvalue weighted by Gasteiger charge is 2.31. The van der Waals surface area contributed by atoms with Gasteiger partial charge >= 0.3 is 12.3 Å². The molecular weight excluding hydrogens is 447 g/mol. The lowest BCUT2D eigenvalue weighted by atomic mass is 10.2. The highest BCUT2D eigenvalue weighted by molar-refractivity contribution is 6.32. The van der Waals surface area contributed by atoms with E-state index in [4.69, 9.17) is 16.3 Å². The maximum absolute atomic E-state index is 12.8. The van der Waals surface area contributed by atoms with E-state index in [-0.39, 0.29) is 10.8 Å². The quantitative estimate of drug-likeness (QED) is 0.522. The van der Waals surface area contributed by atoms with Gasteiger partial charge in [-0.2, -0.15) is 13.2 Å². The molecule has 2 heterocycles. The summed E-state index contributed by atoms with van der Waals surface area (Å²) in [5.74, 6) is 0.336. The molecule has 3 rings (SSSR count). The zero-order valence-corrected chi connectivity index (χ0v) is 18.1. The zero-order valence-electron chi connectivity index (χ0n) is 17.3. The van der Waals surface area contributed by atoms with Crippen molar-refractivity contribution in [1.82, 2.24) is 19.7 Å². The monoisotopic (exact) mass is 465 g/mol. The molecule has 1 amide bonds. The first-order chi connectivity index (χ1) is 14.9. The van der Waals surface area contributed by atoms with Gasteiger partial charge in [-0.15, -0.1) is 5.10 Å². The largest absolute Gasteiger partial charge is 0.444 e. The van der Waals surface area contributed by atoms with Gasteiger partial charge in [-0.1, -0.05) is 29.8 Å². The Morgan fingerprint density at radius 2 is 1.81 bits per heavy atom. The van der Waals surface area contributed by atoms with Crippen LogP contribution < -0.4 is 5.32 Å². The molecule has 11 heteroatoms. The number of alkyl halides is 3. The van der Waals surface area contributed by atoms with Gasteiger partial charge in [0.05, 0.1) is 10.6 Å². The minimum Gasteiger partial charge on any atom is -0.444 e. The van der Waals surface area contributed by atoms with Gasteiger partial charge in [-0.3, -0.25) is 5.32 Å². The van der Waals surface area contributed by atoms with Crippen molar-refractivity contribution in [2.24, 2.45) is 0 Å². The average Bonchev–Trinajstić information content (AvgIpc) is 3.14. The number of nitrogens with one attached hydrogen (secondary N) is 1. The Hall–Kier alpha value is -3.40. The van der Waals surface area contributed by atoms with Gasteiger partial charge in [0.15, 0.2) is 11.6 Å². The van der Waals surface area contributed by atoms with E-state index in [9.17, 15) is 18.0 Å². The van der Waals surface area contributed by atoms with Crippen LogP contribution in [-0.4, -0.2) is 31.4 Å². The Balaban J connectivity index is 1.67. The third-order valence-electron chi connectivity index (χ3n) is 3.86. The molecule has 0 bridgehead atoms. The van der Waals surface area contributed by atoms with Crippen molar-refractivity contribution in [3.63, 3.8) is 0 Å². The van der Waals surface area contributed by atoms with Crippen molar-refractivity contribution in [2.75, 3.05) is 5.32 Å². The van der Waals surface area contributed by atoms with Crippen LogP contribution in [0.2, 0.25) is 5.02 Å². The molecule has 1 aromatic carbocycles. The van der Waals surface area contributed by atoms with Crippen LogP contribution in [-0.2, 0) is 10.9 Å². The van der Waals surface area contributed by atoms with Crippen molar-refractivity contribution in [1.29, 1.82) is 0 Å². The van der Waals surface area contributed by atoms with Gasteiger partial charge in [-0.05, 0) is 50.6 Å². The van der Waals surface area contributed by atoms with E-state index in [1.807, 2.05) is 0 Å². The number of carbonyl (C=O) groups excluding carboxylic acids is 1. The first-order valence-corrected chi connectivity index (χ1v) is 9.71. The van der Waals surface area contributed by atoms with E-state index in [2.05, 4.69) is 20.4 Å². The molecule has 0 unspecified atom stereocenters. The zero-order chi connectivity index (χ0) is 23.5. The molecule has 0 atom stereocenters. The number of benzene rings is 1.